The van der Waals surface area contributed by atoms with E-state index in [4.69, 9.17) is 25.8 Å². The third kappa shape index (κ3) is 4.81. The SMILES string of the molecule is CCOc1cc(/C=C2\N=C(c3ccccc3Cl)OC2=O)ccc1OCc1ccccc1F. The Kier molecular flexibility index (Phi) is 6.52. The number of nitrogens with zero attached hydrogens (tertiary/aromatic N) is 1. The molecule has 5 nitrogen and oxygen atoms in total. The van der Waals surface area contributed by atoms with Crippen LogP contribution >= 0.6 is 11.6 Å². The molecule has 1 heterocycles. The summed E-state index contributed by atoms with van der Waals surface area (Å²) in [4.78, 5) is 16.6. The molecule has 0 unspecified atom stereocenters. The zero-order valence-corrected chi connectivity index (χ0v) is 17.9. The maximum Gasteiger partial charge on any atom is 0.363 e. The smallest absolute Gasteiger partial charge is 0.363 e. The van der Waals surface area contributed by atoms with Gasteiger partial charge in [-0.3, -0.25) is 0 Å². The third-order valence-electron chi connectivity index (χ3n) is 4.64. The second-order valence-corrected chi connectivity index (χ2v) is 7.24. The lowest BCUT2D eigenvalue weighted by Crippen LogP contribution is -2.05. The van der Waals surface area contributed by atoms with Crippen molar-refractivity contribution in [1.29, 1.82) is 0 Å². The average molecular weight is 452 g/mol. The summed E-state index contributed by atoms with van der Waals surface area (Å²) in [6, 6.07) is 18.6. The van der Waals surface area contributed by atoms with E-state index >= 15 is 0 Å². The van der Waals surface area contributed by atoms with Crippen molar-refractivity contribution in [1.82, 2.24) is 0 Å². The highest BCUT2D eigenvalue weighted by atomic mass is 35.5. The third-order valence-corrected chi connectivity index (χ3v) is 4.97. The van der Waals surface area contributed by atoms with Gasteiger partial charge < -0.3 is 14.2 Å². The normalized spacial score (nSPS) is 14.3. The predicted octanol–water partition coefficient (Wildman–Crippen LogP) is 5.80. The number of halogens is 2. The van der Waals surface area contributed by atoms with Gasteiger partial charge >= 0.3 is 5.97 Å². The number of benzene rings is 3. The maximum atomic E-state index is 13.9. The summed E-state index contributed by atoms with van der Waals surface area (Å²) in [5, 5.41) is 0.440. The first kappa shape index (κ1) is 21.6. The molecule has 0 radical (unpaired) electrons. The van der Waals surface area contributed by atoms with Crippen molar-refractivity contribution in [3.63, 3.8) is 0 Å². The van der Waals surface area contributed by atoms with Crippen LogP contribution in [0.2, 0.25) is 5.02 Å². The number of cyclic esters (lactones) is 1. The quantitative estimate of drug-likeness (QED) is 0.336. The van der Waals surface area contributed by atoms with Crippen LogP contribution < -0.4 is 9.47 Å². The molecule has 1 aliphatic heterocycles. The van der Waals surface area contributed by atoms with E-state index in [9.17, 15) is 9.18 Å². The molecule has 3 aromatic carbocycles. The molecule has 32 heavy (non-hydrogen) atoms. The van der Waals surface area contributed by atoms with E-state index < -0.39 is 5.97 Å². The Balaban J connectivity index is 1.58. The fourth-order valence-corrected chi connectivity index (χ4v) is 3.31. The minimum atomic E-state index is -0.572. The Morgan fingerprint density at radius 2 is 1.81 bits per heavy atom. The summed E-state index contributed by atoms with van der Waals surface area (Å²) < 4.78 is 30.6. The highest BCUT2D eigenvalue weighted by molar-refractivity contribution is 6.34. The van der Waals surface area contributed by atoms with Gasteiger partial charge in [-0.05, 0) is 48.9 Å². The number of carbonyl (C=O) groups is 1. The standard InChI is InChI=1S/C25H19ClFNO4/c1-2-30-23-14-16(11-12-22(23)31-15-17-7-3-6-10-20(17)27)13-21-25(29)32-24(28-21)18-8-4-5-9-19(18)26/h3-14H,2,15H2,1H3/b21-13-. The molecule has 0 atom stereocenters. The van der Waals surface area contributed by atoms with Gasteiger partial charge in [-0.25, -0.2) is 14.2 Å². The van der Waals surface area contributed by atoms with Crippen molar-refractivity contribution in [3.05, 3.63) is 100.0 Å². The summed E-state index contributed by atoms with van der Waals surface area (Å²) in [5.74, 6) is 0.185. The first-order chi connectivity index (χ1) is 15.5. The Morgan fingerprint density at radius 3 is 2.59 bits per heavy atom. The van der Waals surface area contributed by atoms with Gasteiger partial charge in [0.15, 0.2) is 17.2 Å². The molecule has 0 amide bonds. The molecule has 1 aliphatic rings. The molecule has 0 saturated heterocycles. The van der Waals surface area contributed by atoms with Crippen molar-refractivity contribution in [2.24, 2.45) is 4.99 Å². The Hall–Kier alpha value is -3.64. The van der Waals surface area contributed by atoms with E-state index in [-0.39, 0.29) is 24.0 Å². The van der Waals surface area contributed by atoms with Crippen molar-refractivity contribution in [2.45, 2.75) is 13.5 Å². The first-order valence-corrected chi connectivity index (χ1v) is 10.3. The number of ether oxygens (including phenoxy) is 3. The van der Waals surface area contributed by atoms with E-state index in [2.05, 4.69) is 4.99 Å². The van der Waals surface area contributed by atoms with Crippen LogP contribution in [-0.4, -0.2) is 18.5 Å². The second-order valence-electron chi connectivity index (χ2n) is 6.84. The lowest BCUT2D eigenvalue weighted by atomic mass is 10.1. The predicted molar refractivity (Wildman–Crippen MR) is 120 cm³/mol. The summed E-state index contributed by atoms with van der Waals surface area (Å²) in [7, 11) is 0. The molecule has 0 aliphatic carbocycles. The topological polar surface area (TPSA) is 57.1 Å². The lowest BCUT2D eigenvalue weighted by molar-refractivity contribution is -0.129. The Bertz CT molecular complexity index is 1220. The molecule has 0 saturated carbocycles. The molecular weight excluding hydrogens is 433 g/mol. The first-order valence-electron chi connectivity index (χ1n) is 9.95. The molecule has 4 rings (SSSR count). The molecule has 7 heteroatoms. The number of hydrogen-bond acceptors (Lipinski definition) is 5. The van der Waals surface area contributed by atoms with Gasteiger partial charge in [-0.1, -0.05) is 48.0 Å². The molecule has 0 spiro atoms. The fourth-order valence-electron chi connectivity index (χ4n) is 3.09. The fraction of sp³-hybridized carbons (Fsp3) is 0.120. The van der Waals surface area contributed by atoms with Crippen molar-refractivity contribution >= 4 is 29.5 Å². The van der Waals surface area contributed by atoms with E-state index in [1.807, 2.05) is 6.92 Å². The number of hydrogen-bond donors (Lipinski definition) is 0. The minimum Gasteiger partial charge on any atom is -0.490 e. The van der Waals surface area contributed by atoms with Gasteiger partial charge in [0.25, 0.3) is 0 Å². The largest absolute Gasteiger partial charge is 0.490 e. The van der Waals surface area contributed by atoms with Gasteiger partial charge in [-0.15, -0.1) is 0 Å². The van der Waals surface area contributed by atoms with Crippen LogP contribution in [0, 0.1) is 5.82 Å². The molecule has 3 aromatic rings. The van der Waals surface area contributed by atoms with Crippen molar-refractivity contribution in [2.75, 3.05) is 6.61 Å². The van der Waals surface area contributed by atoms with E-state index in [0.29, 0.717) is 39.8 Å². The van der Waals surface area contributed by atoms with Gasteiger partial charge in [-0.2, -0.15) is 0 Å². The molecule has 0 fully saturated rings. The van der Waals surface area contributed by atoms with Gasteiger partial charge in [0.05, 0.1) is 17.2 Å². The van der Waals surface area contributed by atoms with Crippen LogP contribution in [0.3, 0.4) is 0 Å². The van der Waals surface area contributed by atoms with Gasteiger partial charge in [0.1, 0.15) is 12.4 Å². The van der Waals surface area contributed by atoms with E-state index in [1.165, 1.54) is 6.07 Å². The summed E-state index contributed by atoms with van der Waals surface area (Å²) in [6.45, 7) is 2.32. The Morgan fingerprint density at radius 1 is 1.03 bits per heavy atom. The number of carbonyl (C=O) groups excluding carboxylic acids is 1. The number of aliphatic imine (C=N–C) groups is 1. The minimum absolute atomic E-state index is 0.0605. The van der Waals surface area contributed by atoms with E-state index in [0.717, 1.165) is 0 Å². The molecule has 0 aromatic heterocycles. The van der Waals surface area contributed by atoms with Crippen LogP contribution in [0.15, 0.2) is 77.4 Å². The molecule has 0 N–H and O–H groups in total. The van der Waals surface area contributed by atoms with Crippen molar-refractivity contribution < 1.29 is 23.4 Å². The summed E-state index contributed by atoms with van der Waals surface area (Å²) >= 11 is 6.17. The van der Waals surface area contributed by atoms with Crippen LogP contribution in [0.25, 0.3) is 6.08 Å². The zero-order chi connectivity index (χ0) is 22.5. The van der Waals surface area contributed by atoms with Crippen molar-refractivity contribution in [3.8, 4) is 11.5 Å². The summed E-state index contributed by atoms with van der Waals surface area (Å²) in [6.07, 6.45) is 1.59. The highest BCUT2D eigenvalue weighted by Gasteiger charge is 2.25. The van der Waals surface area contributed by atoms with Crippen LogP contribution in [-0.2, 0) is 16.1 Å². The molecule has 162 valence electrons. The van der Waals surface area contributed by atoms with Crippen LogP contribution in [0.4, 0.5) is 4.39 Å². The summed E-state index contributed by atoms with van der Waals surface area (Å²) in [5.41, 5.74) is 1.79. The van der Waals surface area contributed by atoms with Gasteiger partial charge in [0.2, 0.25) is 5.90 Å². The van der Waals surface area contributed by atoms with E-state index in [1.54, 1.807) is 66.7 Å². The Labute approximate surface area is 189 Å². The zero-order valence-electron chi connectivity index (χ0n) is 17.2. The lowest BCUT2D eigenvalue weighted by Gasteiger charge is -2.13. The van der Waals surface area contributed by atoms with Crippen LogP contribution in [0.5, 0.6) is 11.5 Å². The van der Waals surface area contributed by atoms with Gasteiger partial charge in [0, 0.05) is 5.56 Å². The molecular formula is C25H19ClFNO4. The second kappa shape index (κ2) is 9.66. The highest BCUT2D eigenvalue weighted by Crippen LogP contribution is 2.31. The molecule has 0 bridgehead atoms. The van der Waals surface area contributed by atoms with Crippen LogP contribution in [0.1, 0.15) is 23.6 Å². The number of esters is 1. The maximum absolute atomic E-state index is 13.9. The average Bonchev–Trinajstić information content (AvgIpc) is 3.14. The number of rotatable bonds is 7. The monoisotopic (exact) mass is 451 g/mol.